The highest BCUT2D eigenvalue weighted by Gasteiger charge is 2.15. The summed E-state index contributed by atoms with van der Waals surface area (Å²) in [7, 11) is 0. The normalized spacial score (nSPS) is 9.55. The lowest BCUT2D eigenvalue weighted by Gasteiger charge is -2.08. The maximum Gasteiger partial charge on any atom is 0.177 e. The maximum absolute atomic E-state index is 13.3. The molecule has 0 aliphatic carbocycles. The van der Waals surface area contributed by atoms with E-state index >= 15 is 0 Å². The van der Waals surface area contributed by atoms with Crippen LogP contribution in [-0.2, 0) is 6.54 Å². The predicted molar refractivity (Wildman–Crippen MR) is 66.6 cm³/mol. The smallest absolute Gasteiger partial charge is 0.177 e. The summed E-state index contributed by atoms with van der Waals surface area (Å²) in [6.45, 7) is 1.76. The molecule has 0 N–H and O–H groups in total. The summed E-state index contributed by atoms with van der Waals surface area (Å²) >= 11 is 0. The Bertz CT molecular complexity index is 799. The molecule has 96 valence electrons. The Hall–Kier alpha value is -3.17. The van der Waals surface area contributed by atoms with Crippen molar-refractivity contribution < 1.29 is 4.39 Å². The molecule has 1 aromatic carbocycles. The van der Waals surface area contributed by atoms with Gasteiger partial charge in [-0.25, -0.2) is 9.37 Å². The minimum absolute atomic E-state index is 0.0277. The van der Waals surface area contributed by atoms with E-state index in [1.165, 1.54) is 22.8 Å². The first-order valence-electron chi connectivity index (χ1n) is 5.66. The van der Waals surface area contributed by atoms with Crippen molar-refractivity contribution in [2.45, 2.75) is 13.5 Å². The van der Waals surface area contributed by atoms with Gasteiger partial charge < -0.3 is 4.57 Å². The minimum Gasteiger partial charge on any atom is -0.314 e. The van der Waals surface area contributed by atoms with Gasteiger partial charge in [-0.15, -0.1) is 0 Å². The van der Waals surface area contributed by atoms with Crippen LogP contribution in [0, 0.1) is 46.7 Å². The van der Waals surface area contributed by atoms with Crippen LogP contribution in [-0.4, -0.2) is 9.55 Å². The molecule has 0 saturated carbocycles. The first-order valence-corrected chi connectivity index (χ1v) is 5.66. The van der Waals surface area contributed by atoms with Gasteiger partial charge in [0, 0.05) is 0 Å². The molecule has 20 heavy (non-hydrogen) atoms. The first-order chi connectivity index (χ1) is 9.60. The van der Waals surface area contributed by atoms with Crippen LogP contribution < -0.4 is 0 Å². The quantitative estimate of drug-likeness (QED) is 0.830. The average molecular weight is 265 g/mol. The molecule has 0 spiro atoms. The Morgan fingerprint density at radius 3 is 2.55 bits per heavy atom. The monoisotopic (exact) mass is 265 g/mol. The number of nitrogens with zero attached hydrogens (tertiary/aromatic N) is 5. The Morgan fingerprint density at radius 2 is 1.95 bits per heavy atom. The van der Waals surface area contributed by atoms with Gasteiger partial charge in [0.1, 0.15) is 23.8 Å². The van der Waals surface area contributed by atoms with E-state index in [0.29, 0.717) is 17.0 Å². The van der Waals surface area contributed by atoms with Crippen molar-refractivity contribution in [3.8, 4) is 18.2 Å². The number of hydrogen-bond acceptors (Lipinski definition) is 4. The lowest BCUT2D eigenvalue weighted by Crippen LogP contribution is -2.07. The standard InChI is InChI=1S/C14H8FN5/c1-9-19-13(6-17)14(7-18)20(9)8-11-4-12(15)3-2-10(11)5-16/h2-4H,8H2,1H3. The third kappa shape index (κ3) is 2.21. The Labute approximate surface area is 114 Å². The summed E-state index contributed by atoms with van der Waals surface area (Å²) in [5, 5.41) is 27.0. The number of nitriles is 3. The molecule has 0 unspecified atom stereocenters. The van der Waals surface area contributed by atoms with E-state index < -0.39 is 5.82 Å². The number of halogens is 1. The van der Waals surface area contributed by atoms with Crippen LogP contribution in [0.5, 0.6) is 0 Å². The highest BCUT2D eigenvalue weighted by Crippen LogP contribution is 2.16. The summed E-state index contributed by atoms with van der Waals surface area (Å²) in [4.78, 5) is 3.98. The lowest BCUT2D eigenvalue weighted by molar-refractivity contribution is 0.622. The van der Waals surface area contributed by atoms with E-state index in [2.05, 4.69) is 4.98 Å². The number of imidazole rings is 1. The zero-order valence-corrected chi connectivity index (χ0v) is 10.6. The van der Waals surface area contributed by atoms with Crippen LogP contribution in [0.15, 0.2) is 18.2 Å². The van der Waals surface area contributed by atoms with E-state index in [9.17, 15) is 4.39 Å². The molecule has 0 atom stereocenters. The Morgan fingerprint density at radius 1 is 1.20 bits per heavy atom. The summed E-state index contributed by atoms with van der Waals surface area (Å²) in [5.74, 6) is 0.00188. The third-order valence-electron chi connectivity index (χ3n) is 2.89. The first kappa shape index (κ1) is 13.3. The summed E-state index contributed by atoms with van der Waals surface area (Å²) in [6.07, 6.45) is 0. The number of rotatable bonds is 2. The molecule has 0 saturated heterocycles. The van der Waals surface area contributed by atoms with Crippen molar-refractivity contribution in [2.24, 2.45) is 0 Å². The van der Waals surface area contributed by atoms with Crippen LogP contribution in [0.2, 0.25) is 0 Å². The number of hydrogen-bond donors (Lipinski definition) is 0. The Kier molecular flexibility index (Phi) is 3.46. The van der Waals surface area contributed by atoms with Gasteiger partial charge in [0.05, 0.1) is 18.2 Å². The second-order valence-electron chi connectivity index (χ2n) is 4.08. The molecule has 0 fully saturated rings. The lowest BCUT2D eigenvalue weighted by atomic mass is 10.1. The molecule has 0 aliphatic heterocycles. The fraction of sp³-hybridized carbons (Fsp3) is 0.143. The van der Waals surface area contributed by atoms with Gasteiger partial charge in [-0.05, 0) is 30.7 Å². The highest BCUT2D eigenvalue weighted by molar-refractivity contribution is 5.41. The van der Waals surface area contributed by atoms with Crippen molar-refractivity contribution in [3.63, 3.8) is 0 Å². The van der Waals surface area contributed by atoms with Gasteiger partial charge in [0.15, 0.2) is 11.4 Å². The van der Waals surface area contributed by atoms with E-state index in [1.807, 2.05) is 18.2 Å². The van der Waals surface area contributed by atoms with Gasteiger partial charge in [0.2, 0.25) is 0 Å². The van der Waals surface area contributed by atoms with Gasteiger partial charge in [-0.3, -0.25) is 0 Å². The van der Waals surface area contributed by atoms with Gasteiger partial charge in [-0.2, -0.15) is 15.8 Å². The molecular weight excluding hydrogens is 257 g/mol. The fourth-order valence-electron chi connectivity index (χ4n) is 1.92. The largest absolute Gasteiger partial charge is 0.314 e. The number of aryl methyl sites for hydroxylation is 1. The van der Waals surface area contributed by atoms with Gasteiger partial charge in [-0.1, -0.05) is 0 Å². The van der Waals surface area contributed by atoms with Crippen LogP contribution in [0.4, 0.5) is 4.39 Å². The molecule has 0 radical (unpaired) electrons. The van der Waals surface area contributed by atoms with Crippen molar-refractivity contribution in [1.29, 1.82) is 15.8 Å². The van der Waals surface area contributed by atoms with E-state index in [1.54, 1.807) is 6.92 Å². The molecule has 5 nitrogen and oxygen atoms in total. The molecule has 2 aromatic rings. The van der Waals surface area contributed by atoms with Crippen LogP contribution in [0.1, 0.15) is 28.3 Å². The van der Waals surface area contributed by atoms with Crippen molar-refractivity contribution in [3.05, 3.63) is 52.4 Å². The minimum atomic E-state index is -0.462. The predicted octanol–water partition coefficient (Wildman–Crippen LogP) is 1.99. The maximum atomic E-state index is 13.3. The second-order valence-corrected chi connectivity index (χ2v) is 4.08. The molecule has 0 amide bonds. The number of benzene rings is 1. The van der Waals surface area contributed by atoms with Gasteiger partial charge >= 0.3 is 0 Å². The Balaban J connectivity index is 2.55. The van der Waals surface area contributed by atoms with Crippen LogP contribution in [0.3, 0.4) is 0 Å². The fourth-order valence-corrected chi connectivity index (χ4v) is 1.92. The zero-order valence-electron chi connectivity index (χ0n) is 10.6. The number of aromatic nitrogens is 2. The van der Waals surface area contributed by atoms with Crippen LogP contribution in [0.25, 0.3) is 0 Å². The molecule has 0 aliphatic rings. The highest BCUT2D eigenvalue weighted by atomic mass is 19.1. The zero-order chi connectivity index (χ0) is 14.7. The summed E-state index contributed by atoms with van der Waals surface area (Å²) < 4.78 is 14.8. The average Bonchev–Trinajstić information content (AvgIpc) is 2.75. The van der Waals surface area contributed by atoms with Crippen molar-refractivity contribution in [1.82, 2.24) is 9.55 Å². The van der Waals surface area contributed by atoms with Crippen molar-refractivity contribution >= 4 is 0 Å². The van der Waals surface area contributed by atoms with Crippen molar-refractivity contribution in [2.75, 3.05) is 0 Å². The van der Waals surface area contributed by atoms with E-state index in [4.69, 9.17) is 15.8 Å². The van der Waals surface area contributed by atoms with Crippen LogP contribution >= 0.6 is 0 Å². The summed E-state index contributed by atoms with van der Waals surface area (Å²) in [6, 6.07) is 9.55. The molecule has 1 aromatic heterocycles. The second kappa shape index (κ2) is 5.22. The topological polar surface area (TPSA) is 89.2 Å². The third-order valence-corrected chi connectivity index (χ3v) is 2.89. The molecular formula is C14H8FN5. The molecule has 0 bridgehead atoms. The molecule has 2 rings (SSSR count). The molecule has 6 heteroatoms. The van der Waals surface area contributed by atoms with Gasteiger partial charge in [0.25, 0.3) is 0 Å². The van der Waals surface area contributed by atoms with E-state index in [-0.39, 0.29) is 17.9 Å². The van der Waals surface area contributed by atoms with E-state index in [0.717, 1.165) is 0 Å². The SMILES string of the molecule is Cc1nc(C#N)c(C#N)n1Cc1cc(F)ccc1C#N. The summed E-state index contributed by atoms with van der Waals surface area (Å²) in [5.41, 5.74) is 0.897. The molecule has 1 heterocycles.